The molecule has 0 amide bonds. The van der Waals surface area contributed by atoms with Crippen LogP contribution >= 0.6 is 22.7 Å². The molecule has 7 nitrogen and oxygen atoms in total. The maximum Gasteiger partial charge on any atom is 0.269 e. The number of allylic oxidation sites excluding steroid dienone is 3. The van der Waals surface area contributed by atoms with Crippen LogP contribution in [0.4, 0.5) is 5.69 Å². The largest absolute Gasteiger partial charge is 0.744 e. The van der Waals surface area contributed by atoms with Crippen molar-refractivity contribution in [3.05, 3.63) is 127 Å². The number of aryl methyl sites for hydroxylation is 2. The normalized spacial score (nSPS) is 14.6. The molecule has 3 aromatic carbocycles. The number of aromatic nitrogens is 2. The molecule has 0 radical (unpaired) electrons. The molecule has 232 valence electrons. The number of fused-ring (bicyclic) bond motifs is 2. The summed E-state index contributed by atoms with van der Waals surface area (Å²) in [5, 5.41) is 1.17. The van der Waals surface area contributed by atoms with Gasteiger partial charge >= 0.3 is 0 Å². The number of hydrogen-bond donors (Lipinski definition) is 0. The van der Waals surface area contributed by atoms with E-state index in [2.05, 4.69) is 96.3 Å². The predicted octanol–water partition coefficient (Wildman–Crippen LogP) is 5.40. The van der Waals surface area contributed by atoms with Crippen molar-refractivity contribution in [3.8, 4) is 0 Å². The molecule has 0 spiro atoms. The second-order valence-electron chi connectivity index (χ2n) is 10.3. The van der Waals surface area contributed by atoms with Gasteiger partial charge in [-0.1, -0.05) is 65.4 Å². The highest BCUT2D eigenvalue weighted by molar-refractivity contribution is 7.85. The zero-order valence-corrected chi connectivity index (χ0v) is 28.1. The number of thiazole rings is 2. The van der Waals surface area contributed by atoms with Crippen molar-refractivity contribution in [2.45, 2.75) is 45.7 Å². The lowest BCUT2D eigenvalue weighted by Crippen LogP contribution is -2.35. The van der Waals surface area contributed by atoms with Crippen molar-refractivity contribution in [1.29, 1.82) is 0 Å². The Morgan fingerprint density at radius 3 is 2.29 bits per heavy atom. The summed E-state index contributed by atoms with van der Waals surface area (Å²) in [7, 11) is -4.27. The van der Waals surface area contributed by atoms with Gasteiger partial charge in [-0.3, -0.25) is 9.36 Å². The Morgan fingerprint density at radius 1 is 0.889 bits per heavy atom. The fourth-order valence-corrected chi connectivity index (χ4v) is 7.91. The van der Waals surface area contributed by atoms with Gasteiger partial charge in [0.2, 0.25) is 5.52 Å². The lowest BCUT2D eigenvalue weighted by molar-refractivity contribution is -0.665. The number of benzene rings is 3. The SMILES string of the molecule is CCN1C=C/C(=C\C=c2\s/c(=C/c3sc4ccccc4[n+]3CC)n(CC)c2=O)c2ccccc21.Cc1ccc(S(=O)(=O)[O-])cc1. The second-order valence-corrected chi connectivity index (χ2v) is 13.8. The summed E-state index contributed by atoms with van der Waals surface area (Å²) in [5.74, 6) is 0. The van der Waals surface area contributed by atoms with E-state index in [-0.39, 0.29) is 10.5 Å². The van der Waals surface area contributed by atoms with Gasteiger partial charge < -0.3 is 9.45 Å². The van der Waals surface area contributed by atoms with Gasteiger partial charge in [0.05, 0.1) is 15.5 Å². The van der Waals surface area contributed by atoms with E-state index in [1.165, 1.54) is 38.6 Å². The standard InChI is InChI=1S/C28H28N3OS2.C7H8O3S/c1-4-29-18-17-20(21-11-7-8-12-22(21)29)15-16-25-28(32)31(6-3)27(34-25)19-26-30(5-2)23-13-9-10-14-24(23)33-26;1-6-2-4-7(5-3-6)11(8,9)10/h7-19H,4-6H2,1-3H3;2-5H,1H3,(H,8,9,10)/q+1;/p-1/b20-15+,25-16+;. The molecule has 3 heterocycles. The Bertz CT molecular complexity index is 2190. The minimum Gasteiger partial charge on any atom is -0.744 e. The number of anilines is 1. The van der Waals surface area contributed by atoms with E-state index in [1.54, 1.807) is 34.8 Å². The van der Waals surface area contributed by atoms with Crippen LogP contribution in [0, 0.1) is 6.92 Å². The molecular weight excluding hydrogens is 623 g/mol. The molecule has 0 fully saturated rings. The molecule has 0 aliphatic carbocycles. The van der Waals surface area contributed by atoms with Crippen molar-refractivity contribution in [2.75, 3.05) is 11.4 Å². The molecule has 45 heavy (non-hydrogen) atoms. The van der Waals surface area contributed by atoms with Crippen molar-refractivity contribution in [3.63, 3.8) is 0 Å². The maximum absolute atomic E-state index is 13.2. The first-order chi connectivity index (χ1) is 21.6. The third-order valence-electron chi connectivity index (χ3n) is 7.48. The smallest absolute Gasteiger partial charge is 0.269 e. The quantitative estimate of drug-likeness (QED) is 0.181. The summed E-state index contributed by atoms with van der Waals surface area (Å²) < 4.78 is 38.4. The molecular formula is C35H35N3O4S3. The van der Waals surface area contributed by atoms with Crippen LogP contribution in [-0.4, -0.2) is 24.1 Å². The summed E-state index contributed by atoms with van der Waals surface area (Å²) in [5.41, 5.74) is 5.75. The fourth-order valence-electron chi connectivity index (χ4n) is 5.15. The monoisotopic (exact) mass is 657 g/mol. The van der Waals surface area contributed by atoms with E-state index in [4.69, 9.17) is 0 Å². The molecule has 0 saturated carbocycles. The van der Waals surface area contributed by atoms with Gasteiger partial charge in [-0.2, -0.15) is 4.57 Å². The molecule has 1 aliphatic heterocycles. The molecule has 0 N–H and O–H groups in total. The Morgan fingerprint density at radius 2 is 1.60 bits per heavy atom. The Kier molecular flexibility index (Phi) is 9.99. The highest BCUT2D eigenvalue weighted by Gasteiger charge is 2.18. The number of hydrogen-bond acceptors (Lipinski definition) is 7. The molecule has 6 rings (SSSR count). The van der Waals surface area contributed by atoms with E-state index in [0.29, 0.717) is 6.54 Å². The van der Waals surface area contributed by atoms with Crippen LogP contribution in [0.1, 0.15) is 36.9 Å². The summed E-state index contributed by atoms with van der Waals surface area (Å²) in [6.07, 6.45) is 10.5. The highest BCUT2D eigenvalue weighted by Crippen LogP contribution is 2.32. The van der Waals surface area contributed by atoms with Crippen LogP contribution in [0.2, 0.25) is 0 Å². The van der Waals surface area contributed by atoms with Crippen LogP contribution in [0.3, 0.4) is 0 Å². The zero-order valence-electron chi connectivity index (χ0n) is 25.6. The summed E-state index contributed by atoms with van der Waals surface area (Å²) >= 11 is 3.33. The summed E-state index contributed by atoms with van der Waals surface area (Å²) in [6.45, 7) is 10.6. The number of rotatable bonds is 6. The molecule has 0 bridgehead atoms. The van der Waals surface area contributed by atoms with Gasteiger partial charge in [-0.25, -0.2) is 8.42 Å². The van der Waals surface area contributed by atoms with Crippen molar-refractivity contribution in [1.82, 2.24) is 4.57 Å². The van der Waals surface area contributed by atoms with Crippen molar-refractivity contribution < 1.29 is 17.5 Å². The van der Waals surface area contributed by atoms with Gasteiger partial charge in [0.25, 0.3) is 10.6 Å². The molecule has 10 heteroatoms. The topological polar surface area (TPSA) is 86.3 Å². The highest BCUT2D eigenvalue weighted by atomic mass is 32.2. The zero-order chi connectivity index (χ0) is 32.1. The van der Waals surface area contributed by atoms with Crippen molar-refractivity contribution in [2.24, 2.45) is 0 Å². The molecule has 1 aliphatic rings. The molecule has 0 saturated heterocycles. The first-order valence-electron chi connectivity index (χ1n) is 14.8. The first kappa shape index (κ1) is 32.3. The fraction of sp³-hybridized carbons (Fsp3) is 0.200. The van der Waals surface area contributed by atoms with Crippen LogP contribution in [0.25, 0.3) is 27.9 Å². The Hall–Kier alpha value is -4.09. The average molecular weight is 658 g/mol. The number of nitrogens with zero attached hydrogens (tertiary/aromatic N) is 3. The lowest BCUT2D eigenvalue weighted by atomic mass is 9.99. The molecule has 5 aromatic rings. The third kappa shape index (κ3) is 7.10. The Balaban J connectivity index is 0.000000309. The molecule has 0 atom stereocenters. The molecule has 0 unspecified atom stereocenters. The minimum absolute atomic E-state index is 0.0722. The van der Waals surface area contributed by atoms with E-state index < -0.39 is 10.1 Å². The summed E-state index contributed by atoms with van der Waals surface area (Å²) in [6, 6.07) is 22.7. The van der Waals surface area contributed by atoms with Crippen LogP contribution in [-0.2, 0) is 23.2 Å². The van der Waals surface area contributed by atoms with E-state index in [9.17, 15) is 17.8 Å². The van der Waals surface area contributed by atoms with E-state index >= 15 is 0 Å². The predicted molar refractivity (Wildman–Crippen MR) is 185 cm³/mol. The number of para-hydroxylation sites is 2. The van der Waals surface area contributed by atoms with E-state index in [1.807, 2.05) is 24.5 Å². The maximum atomic E-state index is 13.2. The van der Waals surface area contributed by atoms with Gasteiger partial charge in [0, 0.05) is 36.6 Å². The second kappa shape index (κ2) is 13.9. The Labute approximate surface area is 271 Å². The molecule has 2 aromatic heterocycles. The van der Waals surface area contributed by atoms with Gasteiger partial charge in [-0.15, -0.1) is 11.3 Å². The first-order valence-corrected chi connectivity index (χ1v) is 17.8. The van der Waals surface area contributed by atoms with E-state index in [0.717, 1.165) is 33.4 Å². The third-order valence-corrected chi connectivity index (χ3v) is 10.5. The minimum atomic E-state index is -4.27. The van der Waals surface area contributed by atoms with Gasteiger partial charge in [-0.05, 0) is 69.7 Å². The summed E-state index contributed by atoms with van der Waals surface area (Å²) in [4.78, 5) is 15.3. The average Bonchev–Trinajstić information content (AvgIpc) is 3.55. The van der Waals surface area contributed by atoms with Crippen LogP contribution < -0.4 is 24.2 Å². The van der Waals surface area contributed by atoms with Gasteiger partial charge in [0.15, 0.2) is 0 Å². The van der Waals surface area contributed by atoms with Crippen LogP contribution in [0.5, 0.6) is 0 Å². The van der Waals surface area contributed by atoms with Gasteiger partial charge in [0.1, 0.15) is 26.0 Å². The van der Waals surface area contributed by atoms with Crippen molar-refractivity contribution >= 4 is 66.4 Å². The lowest BCUT2D eigenvalue weighted by Gasteiger charge is -2.26. The van der Waals surface area contributed by atoms with Crippen LogP contribution in [0.15, 0.2) is 101 Å².